The Bertz CT molecular complexity index is 690. The first kappa shape index (κ1) is 19.8. The monoisotopic (exact) mass is 374 g/mol. The SMILES string of the molecule is Cc1cc(C(=O)N2CCOC3(CCCOC3)C2)ccc1NC(=O)CC(C)C. The standard InChI is InChI=1S/C21H30N2O4/c1-15(2)11-19(24)22-18-6-5-17(12-16(18)3)20(25)23-8-10-27-21(13-23)7-4-9-26-14-21/h5-6,12,15H,4,7-11,13-14H2,1-3H3,(H,22,24). The fourth-order valence-corrected chi connectivity index (χ4v) is 3.78. The van der Waals surface area contributed by atoms with Crippen LogP contribution in [0.4, 0.5) is 5.69 Å². The smallest absolute Gasteiger partial charge is 0.254 e. The molecule has 27 heavy (non-hydrogen) atoms. The molecule has 2 heterocycles. The number of anilines is 1. The first-order valence-corrected chi connectivity index (χ1v) is 9.80. The van der Waals surface area contributed by atoms with E-state index in [0.29, 0.717) is 44.2 Å². The van der Waals surface area contributed by atoms with Crippen LogP contribution in [0.1, 0.15) is 49.0 Å². The second kappa shape index (κ2) is 8.40. The predicted octanol–water partition coefficient (Wildman–Crippen LogP) is 3.00. The molecule has 148 valence electrons. The van der Waals surface area contributed by atoms with Crippen molar-refractivity contribution >= 4 is 17.5 Å². The Kier molecular flexibility index (Phi) is 6.17. The molecule has 0 saturated carbocycles. The van der Waals surface area contributed by atoms with Gasteiger partial charge in [-0.1, -0.05) is 13.8 Å². The van der Waals surface area contributed by atoms with Crippen LogP contribution in [0.15, 0.2) is 18.2 Å². The van der Waals surface area contributed by atoms with Crippen LogP contribution in [0.5, 0.6) is 0 Å². The Morgan fingerprint density at radius 2 is 2.11 bits per heavy atom. The van der Waals surface area contributed by atoms with Crippen LogP contribution in [0, 0.1) is 12.8 Å². The highest BCUT2D eigenvalue weighted by Crippen LogP contribution is 2.28. The van der Waals surface area contributed by atoms with Crippen molar-refractivity contribution in [1.29, 1.82) is 0 Å². The second-order valence-corrected chi connectivity index (χ2v) is 8.09. The minimum Gasteiger partial charge on any atom is -0.378 e. The fourth-order valence-electron chi connectivity index (χ4n) is 3.78. The van der Waals surface area contributed by atoms with Gasteiger partial charge >= 0.3 is 0 Å². The molecule has 1 aromatic rings. The van der Waals surface area contributed by atoms with Gasteiger partial charge in [-0.2, -0.15) is 0 Å². The van der Waals surface area contributed by atoms with E-state index in [2.05, 4.69) is 5.32 Å². The van der Waals surface area contributed by atoms with E-state index in [1.807, 2.05) is 37.8 Å². The summed E-state index contributed by atoms with van der Waals surface area (Å²) in [5.74, 6) is 0.314. The first-order valence-electron chi connectivity index (χ1n) is 9.80. The van der Waals surface area contributed by atoms with Gasteiger partial charge in [0.25, 0.3) is 5.91 Å². The molecular formula is C21H30N2O4. The molecule has 0 aliphatic carbocycles. The van der Waals surface area contributed by atoms with Gasteiger partial charge in [-0.3, -0.25) is 9.59 Å². The minimum absolute atomic E-state index is 0.000374. The normalized spacial score (nSPS) is 22.9. The molecule has 6 heteroatoms. The molecule has 1 spiro atoms. The molecule has 0 aromatic heterocycles. The van der Waals surface area contributed by atoms with E-state index >= 15 is 0 Å². The van der Waals surface area contributed by atoms with Crippen LogP contribution in [-0.4, -0.2) is 55.2 Å². The number of carbonyl (C=O) groups excluding carboxylic acids is 2. The maximum Gasteiger partial charge on any atom is 0.254 e. The summed E-state index contributed by atoms with van der Waals surface area (Å²) >= 11 is 0. The molecule has 2 aliphatic heterocycles. The summed E-state index contributed by atoms with van der Waals surface area (Å²) in [7, 11) is 0. The molecule has 2 saturated heterocycles. The Hall–Kier alpha value is -1.92. The van der Waals surface area contributed by atoms with Crippen molar-refractivity contribution in [1.82, 2.24) is 4.90 Å². The Labute approximate surface area is 161 Å². The van der Waals surface area contributed by atoms with Crippen LogP contribution in [0.2, 0.25) is 0 Å². The number of hydrogen-bond acceptors (Lipinski definition) is 4. The molecule has 6 nitrogen and oxygen atoms in total. The maximum atomic E-state index is 13.0. The second-order valence-electron chi connectivity index (χ2n) is 8.09. The lowest BCUT2D eigenvalue weighted by atomic mass is 9.94. The fraction of sp³-hybridized carbons (Fsp3) is 0.619. The molecule has 0 radical (unpaired) electrons. The third kappa shape index (κ3) is 4.87. The number of benzene rings is 1. The van der Waals surface area contributed by atoms with Crippen LogP contribution in [0.25, 0.3) is 0 Å². The van der Waals surface area contributed by atoms with E-state index in [1.165, 1.54) is 0 Å². The quantitative estimate of drug-likeness (QED) is 0.880. The van der Waals surface area contributed by atoms with E-state index in [4.69, 9.17) is 9.47 Å². The number of morpholine rings is 1. The van der Waals surface area contributed by atoms with Gasteiger partial charge in [0, 0.05) is 30.8 Å². The molecule has 1 unspecified atom stereocenters. The summed E-state index contributed by atoms with van der Waals surface area (Å²) in [4.78, 5) is 26.9. The van der Waals surface area contributed by atoms with Gasteiger partial charge < -0.3 is 19.7 Å². The van der Waals surface area contributed by atoms with Gasteiger partial charge in [-0.25, -0.2) is 0 Å². The van der Waals surface area contributed by atoms with Crippen molar-refractivity contribution < 1.29 is 19.1 Å². The molecular weight excluding hydrogens is 344 g/mol. The number of aryl methyl sites for hydroxylation is 1. The summed E-state index contributed by atoms with van der Waals surface area (Å²) in [6.45, 7) is 8.96. The molecule has 2 amide bonds. The Morgan fingerprint density at radius 1 is 1.30 bits per heavy atom. The molecule has 1 atom stereocenters. The summed E-state index contributed by atoms with van der Waals surface area (Å²) in [5.41, 5.74) is 1.94. The van der Waals surface area contributed by atoms with Crippen LogP contribution >= 0.6 is 0 Å². The number of carbonyl (C=O) groups is 2. The number of amides is 2. The lowest BCUT2D eigenvalue weighted by Gasteiger charge is -2.44. The van der Waals surface area contributed by atoms with E-state index in [9.17, 15) is 9.59 Å². The van der Waals surface area contributed by atoms with E-state index in [0.717, 1.165) is 30.7 Å². The van der Waals surface area contributed by atoms with Gasteiger partial charge in [0.2, 0.25) is 5.91 Å². The number of ether oxygens (including phenoxy) is 2. The Balaban J connectivity index is 1.67. The zero-order valence-corrected chi connectivity index (χ0v) is 16.5. The summed E-state index contributed by atoms with van der Waals surface area (Å²) < 4.78 is 11.6. The zero-order chi connectivity index (χ0) is 19.4. The number of nitrogens with one attached hydrogen (secondary N) is 1. The van der Waals surface area contributed by atoms with Crippen molar-refractivity contribution in [3.8, 4) is 0 Å². The van der Waals surface area contributed by atoms with Gasteiger partial charge in [-0.05, 0) is 49.4 Å². The molecule has 3 rings (SSSR count). The highest BCUT2D eigenvalue weighted by atomic mass is 16.5. The van der Waals surface area contributed by atoms with Crippen molar-refractivity contribution in [3.63, 3.8) is 0 Å². The number of nitrogens with zero attached hydrogens (tertiary/aromatic N) is 1. The highest BCUT2D eigenvalue weighted by molar-refractivity contribution is 5.96. The lowest BCUT2D eigenvalue weighted by Crippen LogP contribution is -2.57. The topological polar surface area (TPSA) is 67.9 Å². The number of rotatable bonds is 4. The first-order chi connectivity index (χ1) is 12.9. The third-order valence-electron chi connectivity index (χ3n) is 5.16. The van der Waals surface area contributed by atoms with Gasteiger partial charge in [0.1, 0.15) is 5.60 Å². The highest BCUT2D eigenvalue weighted by Gasteiger charge is 2.40. The largest absolute Gasteiger partial charge is 0.378 e. The molecule has 0 bridgehead atoms. The van der Waals surface area contributed by atoms with Crippen molar-refractivity contribution in [3.05, 3.63) is 29.3 Å². The van der Waals surface area contributed by atoms with Crippen LogP contribution in [0.3, 0.4) is 0 Å². The van der Waals surface area contributed by atoms with Crippen LogP contribution in [-0.2, 0) is 14.3 Å². The van der Waals surface area contributed by atoms with E-state index < -0.39 is 0 Å². The van der Waals surface area contributed by atoms with Gasteiger partial charge in [-0.15, -0.1) is 0 Å². The van der Waals surface area contributed by atoms with Gasteiger partial charge in [0.05, 0.1) is 19.8 Å². The van der Waals surface area contributed by atoms with Crippen molar-refractivity contribution in [2.75, 3.05) is 38.2 Å². The van der Waals surface area contributed by atoms with E-state index in [1.54, 1.807) is 6.07 Å². The molecule has 1 aromatic carbocycles. The predicted molar refractivity (Wildman–Crippen MR) is 104 cm³/mol. The average molecular weight is 374 g/mol. The summed E-state index contributed by atoms with van der Waals surface area (Å²) in [6, 6.07) is 5.47. The Morgan fingerprint density at radius 3 is 2.78 bits per heavy atom. The van der Waals surface area contributed by atoms with E-state index in [-0.39, 0.29) is 17.4 Å². The molecule has 2 aliphatic rings. The molecule has 1 N–H and O–H groups in total. The maximum absolute atomic E-state index is 13.0. The summed E-state index contributed by atoms with van der Waals surface area (Å²) in [6.07, 6.45) is 2.38. The van der Waals surface area contributed by atoms with Crippen molar-refractivity contribution in [2.24, 2.45) is 5.92 Å². The molecule has 2 fully saturated rings. The lowest BCUT2D eigenvalue weighted by molar-refractivity contribution is -0.160. The van der Waals surface area contributed by atoms with Crippen LogP contribution < -0.4 is 5.32 Å². The summed E-state index contributed by atoms with van der Waals surface area (Å²) in [5, 5.41) is 2.93. The third-order valence-corrected chi connectivity index (χ3v) is 5.16. The zero-order valence-electron chi connectivity index (χ0n) is 16.5. The average Bonchev–Trinajstić information content (AvgIpc) is 2.63. The van der Waals surface area contributed by atoms with Crippen molar-refractivity contribution in [2.45, 2.75) is 45.6 Å². The minimum atomic E-state index is -0.355. The van der Waals surface area contributed by atoms with Gasteiger partial charge in [0.15, 0.2) is 0 Å². The number of hydrogen-bond donors (Lipinski definition) is 1.